The molecule has 1 heterocycles. The molecule has 1 saturated heterocycles. The lowest BCUT2D eigenvalue weighted by Gasteiger charge is -2.31. The largest absolute Gasteiger partial charge is 0.353 e. The molecule has 106 valence electrons. The molecule has 0 radical (unpaired) electrons. The molecule has 4 nitrogen and oxygen atoms in total. The van der Waals surface area contributed by atoms with Crippen LogP contribution in [0.3, 0.4) is 0 Å². The molecule has 0 aromatic rings. The van der Waals surface area contributed by atoms with E-state index in [2.05, 4.69) is 36.3 Å². The summed E-state index contributed by atoms with van der Waals surface area (Å²) in [5, 5.41) is 6.49. The lowest BCUT2D eigenvalue weighted by Crippen LogP contribution is -2.52. The number of hydrogen-bond donors (Lipinski definition) is 2. The van der Waals surface area contributed by atoms with Crippen molar-refractivity contribution in [1.82, 2.24) is 15.5 Å². The first kappa shape index (κ1) is 15.4. The minimum Gasteiger partial charge on any atom is -0.353 e. The highest BCUT2D eigenvalue weighted by Gasteiger charge is 2.18. The van der Waals surface area contributed by atoms with E-state index >= 15 is 0 Å². The molecule has 4 heteroatoms. The third-order valence-electron chi connectivity index (χ3n) is 3.47. The molecule has 2 unspecified atom stereocenters. The van der Waals surface area contributed by atoms with Crippen molar-refractivity contribution in [2.45, 2.75) is 58.5 Å². The van der Waals surface area contributed by atoms with Crippen LogP contribution in [0.5, 0.6) is 0 Å². The lowest BCUT2D eigenvalue weighted by molar-refractivity contribution is -0.123. The molecule has 1 rings (SSSR count). The Morgan fingerprint density at radius 1 is 1.50 bits per heavy atom. The maximum atomic E-state index is 11.9. The summed E-state index contributed by atoms with van der Waals surface area (Å²) < 4.78 is 0. The second kappa shape index (κ2) is 8.48. The van der Waals surface area contributed by atoms with Crippen LogP contribution in [0.15, 0.2) is 0 Å². The van der Waals surface area contributed by atoms with Crippen LogP contribution in [0.2, 0.25) is 0 Å². The number of unbranched alkanes of at least 4 members (excludes halogenated alkanes) is 2. The Morgan fingerprint density at radius 3 is 2.94 bits per heavy atom. The number of nitrogens with zero attached hydrogens (tertiary/aromatic N) is 1. The molecule has 0 spiro atoms. The first-order valence-corrected chi connectivity index (χ1v) is 7.37. The minimum atomic E-state index is 0.174. The SMILES string of the molecule is CCCCCC(C)NC(=O)CN1CCNC(C)C1. The molecular weight excluding hydrogens is 226 g/mol. The molecule has 1 amide bonds. The zero-order valence-corrected chi connectivity index (χ0v) is 12.2. The van der Waals surface area contributed by atoms with Crippen LogP contribution in [0.25, 0.3) is 0 Å². The van der Waals surface area contributed by atoms with Crippen LogP contribution in [-0.2, 0) is 4.79 Å². The molecule has 0 aromatic heterocycles. The summed E-state index contributed by atoms with van der Waals surface area (Å²) in [4.78, 5) is 14.1. The van der Waals surface area contributed by atoms with Crippen molar-refractivity contribution in [3.63, 3.8) is 0 Å². The number of piperazine rings is 1. The van der Waals surface area contributed by atoms with Gasteiger partial charge in [-0.3, -0.25) is 9.69 Å². The molecular formula is C14H29N3O. The monoisotopic (exact) mass is 255 g/mol. The zero-order chi connectivity index (χ0) is 13.4. The van der Waals surface area contributed by atoms with E-state index in [1.807, 2.05) is 0 Å². The van der Waals surface area contributed by atoms with Gasteiger partial charge in [-0.2, -0.15) is 0 Å². The van der Waals surface area contributed by atoms with Crippen molar-refractivity contribution in [1.29, 1.82) is 0 Å². The summed E-state index contributed by atoms with van der Waals surface area (Å²) in [5.74, 6) is 0.174. The molecule has 2 N–H and O–H groups in total. The standard InChI is InChI=1S/C14H29N3O/c1-4-5-6-7-12(2)16-14(18)11-17-9-8-15-13(3)10-17/h12-13,15H,4-11H2,1-3H3,(H,16,18). The van der Waals surface area contributed by atoms with E-state index in [-0.39, 0.29) is 5.91 Å². The fourth-order valence-corrected chi connectivity index (χ4v) is 2.45. The van der Waals surface area contributed by atoms with Crippen LogP contribution in [-0.4, -0.2) is 49.1 Å². The fourth-order valence-electron chi connectivity index (χ4n) is 2.45. The van der Waals surface area contributed by atoms with Crippen LogP contribution in [0.4, 0.5) is 0 Å². The third kappa shape index (κ3) is 6.36. The topological polar surface area (TPSA) is 44.4 Å². The Balaban J connectivity index is 2.15. The third-order valence-corrected chi connectivity index (χ3v) is 3.47. The van der Waals surface area contributed by atoms with Crippen LogP contribution in [0.1, 0.15) is 46.5 Å². The van der Waals surface area contributed by atoms with Gasteiger partial charge in [-0.25, -0.2) is 0 Å². The summed E-state index contributed by atoms with van der Waals surface area (Å²) in [6.45, 7) is 9.95. The molecule has 1 aliphatic heterocycles. The molecule has 18 heavy (non-hydrogen) atoms. The van der Waals surface area contributed by atoms with Crippen LogP contribution in [0, 0.1) is 0 Å². The van der Waals surface area contributed by atoms with E-state index in [1.165, 1.54) is 19.3 Å². The first-order valence-electron chi connectivity index (χ1n) is 7.37. The number of rotatable bonds is 7. The summed E-state index contributed by atoms with van der Waals surface area (Å²) in [7, 11) is 0. The van der Waals surface area contributed by atoms with Crippen molar-refractivity contribution in [3.8, 4) is 0 Å². The Morgan fingerprint density at radius 2 is 2.28 bits per heavy atom. The molecule has 0 bridgehead atoms. The predicted molar refractivity (Wildman–Crippen MR) is 75.7 cm³/mol. The van der Waals surface area contributed by atoms with Gasteiger partial charge >= 0.3 is 0 Å². The van der Waals surface area contributed by atoms with Crippen molar-refractivity contribution in [2.24, 2.45) is 0 Å². The van der Waals surface area contributed by atoms with Gasteiger partial charge < -0.3 is 10.6 Å². The highest BCUT2D eigenvalue weighted by Crippen LogP contribution is 2.03. The summed E-state index contributed by atoms with van der Waals surface area (Å²) >= 11 is 0. The van der Waals surface area contributed by atoms with Gasteiger partial charge in [0.2, 0.25) is 5.91 Å². The van der Waals surface area contributed by atoms with E-state index in [1.54, 1.807) is 0 Å². The van der Waals surface area contributed by atoms with E-state index in [0.717, 1.165) is 26.1 Å². The second-order valence-corrected chi connectivity index (χ2v) is 5.55. The van der Waals surface area contributed by atoms with Gasteiger partial charge in [0.05, 0.1) is 6.54 Å². The van der Waals surface area contributed by atoms with E-state index in [0.29, 0.717) is 18.6 Å². The zero-order valence-electron chi connectivity index (χ0n) is 12.2. The number of carbonyl (C=O) groups excluding carboxylic acids is 1. The second-order valence-electron chi connectivity index (χ2n) is 5.55. The average molecular weight is 255 g/mol. The molecule has 0 aliphatic carbocycles. The quantitative estimate of drug-likeness (QED) is 0.675. The van der Waals surface area contributed by atoms with Gasteiger partial charge in [-0.05, 0) is 20.3 Å². The maximum Gasteiger partial charge on any atom is 0.234 e. The Kier molecular flexibility index (Phi) is 7.28. The normalized spacial score (nSPS) is 22.7. The van der Waals surface area contributed by atoms with Crippen molar-refractivity contribution in [2.75, 3.05) is 26.2 Å². The summed E-state index contributed by atoms with van der Waals surface area (Å²) in [6.07, 6.45) is 4.80. The van der Waals surface area contributed by atoms with Crippen molar-refractivity contribution < 1.29 is 4.79 Å². The van der Waals surface area contributed by atoms with E-state index in [9.17, 15) is 4.79 Å². The van der Waals surface area contributed by atoms with Crippen molar-refractivity contribution in [3.05, 3.63) is 0 Å². The highest BCUT2D eigenvalue weighted by atomic mass is 16.2. The number of carbonyl (C=O) groups is 1. The number of nitrogens with one attached hydrogen (secondary N) is 2. The molecule has 2 atom stereocenters. The minimum absolute atomic E-state index is 0.174. The predicted octanol–water partition coefficient (Wildman–Crippen LogP) is 1.37. The fraction of sp³-hybridized carbons (Fsp3) is 0.929. The van der Waals surface area contributed by atoms with Crippen LogP contribution < -0.4 is 10.6 Å². The summed E-state index contributed by atoms with van der Waals surface area (Å²) in [6, 6.07) is 0.804. The van der Waals surface area contributed by atoms with E-state index in [4.69, 9.17) is 0 Å². The van der Waals surface area contributed by atoms with Gasteiger partial charge in [0.25, 0.3) is 0 Å². The number of hydrogen-bond acceptors (Lipinski definition) is 3. The Hall–Kier alpha value is -0.610. The van der Waals surface area contributed by atoms with Gasteiger partial charge in [0.1, 0.15) is 0 Å². The molecule has 0 aromatic carbocycles. The van der Waals surface area contributed by atoms with Gasteiger partial charge in [0.15, 0.2) is 0 Å². The Bertz CT molecular complexity index is 245. The average Bonchev–Trinajstić information content (AvgIpc) is 2.29. The molecule has 1 fully saturated rings. The van der Waals surface area contributed by atoms with Gasteiger partial charge in [0, 0.05) is 31.7 Å². The first-order chi connectivity index (χ1) is 8.61. The molecule has 1 aliphatic rings. The maximum absolute atomic E-state index is 11.9. The summed E-state index contributed by atoms with van der Waals surface area (Å²) in [5.41, 5.74) is 0. The smallest absolute Gasteiger partial charge is 0.234 e. The van der Waals surface area contributed by atoms with Gasteiger partial charge in [-0.15, -0.1) is 0 Å². The lowest BCUT2D eigenvalue weighted by atomic mass is 10.1. The van der Waals surface area contributed by atoms with Gasteiger partial charge in [-0.1, -0.05) is 26.2 Å². The molecule has 0 saturated carbocycles. The Labute approximate surface area is 111 Å². The van der Waals surface area contributed by atoms with Crippen molar-refractivity contribution >= 4 is 5.91 Å². The highest BCUT2D eigenvalue weighted by molar-refractivity contribution is 5.78. The number of amides is 1. The van der Waals surface area contributed by atoms with E-state index < -0.39 is 0 Å². The van der Waals surface area contributed by atoms with Crippen LogP contribution >= 0.6 is 0 Å².